The van der Waals surface area contributed by atoms with Crippen LogP contribution in [0.1, 0.15) is 23.6 Å². The largest absolute Gasteiger partial charge is 0.497 e. The number of halogens is 1. The Kier molecular flexibility index (Phi) is 12.0. The zero-order chi connectivity index (χ0) is 31.6. The first-order valence-corrected chi connectivity index (χ1v) is 16.0. The van der Waals surface area contributed by atoms with Crippen molar-refractivity contribution >= 4 is 23.4 Å². The number of hydrogen-bond acceptors (Lipinski definition) is 8. The Hall–Kier alpha value is -3.24. The second-order valence-electron chi connectivity index (χ2n) is 10.7. The van der Waals surface area contributed by atoms with E-state index in [1.165, 1.54) is 0 Å². The molecular formula is C36H39ClO7S. The lowest BCUT2D eigenvalue weighted by Crippen LogP contribution is -2.58. The van der Waals surface area contributed by atoms with E-state index in [4.69, 9.17) is 44.8 Å². The minimum Gasteiger partial charge on any atom is -0.497 e. The predicted octanol–water partition coefficient (Wildman–Crippen LogP) is 7.96. The van der Waals surface area contributed by atoms with E-state index in [0.717, 1.165) is 38.8 Å². The topological polar surface area (TPSA) is 64.6 Å². The van der Waals surface area contributed by atoms with Gasteiger partial charge in [0, 0.05) is 9.92 Å². The van der Waals surface area contributed by atoms with Crippen LogP contribution in [0.4, 0.5) is 0 Å². The molecule has 1 aliphatic rings. The zero-order valence-corrected chi connectivity index (χ0v) is 27.5. The summed E-state index contributed by atoms with van der Waals surface area (Å²) in [5.74, 6) is 2.37. The maximum Gasteiger partial charge on any atom is 0.136 e. The Morgan fingerprint density at radius 3 is 1.38 bits per heavy atom. The van der Waals surface area contributed by atoms with Gasteiger partial charge in [0.05, 0.1) is 47.3 Å². The summed E-state index contributed by atoms with van der Waals surface area (Å²) in [6.45, 7) is 3.13. The van der Waals surface area contributed by atoms with Crippen molar-refractivity contribution in [3.8, 4) is 17.2 Å². The molecule has 1 aliphatic heterocycles. The Bertz CT molecular complexity index is 1450. The Morgan fingerprint density at radius 1 is 0.556 bits per heavy atom. The van der Waals surface area contributed by atoms with E-state index < -0.39 is 18.3 Å². The fraction of sp³-hybridized carbons (Fsp3) is 0.333. The first-order valence-electron chi connectivity index (χ1n) is 14.8. The lowest BCUT2D eigenvalue weighted by atomic mass is 9.99. The molecule has 0 saturated carbocycles. The third kappa shape index (κ3) is 9.16. The molecule has 0 aliphatic carbocycles. The highest BCUT2D eigenvalue weighted by atomic mass is 35.5. The standard InChI is InChI=1S/C36H39ClO7S/c1-24-33(41-21-25-5-13-29(38-2)14-6-25)34(42-22-26-7-15-30(39-3)16-8-26)35(43-23-27-9-17-31(40-4)18-10-27)36(44-24)45-32-19-11-28(37)12-20-32/h5-20,24,33-36H,21-23H2,1-4H3/t24-,33+,34+,35-,36+/m0/s1. The normalized spacial score (nSPS) is 21.3. The molecule has 0 spiro atoms. The number of hydrogen-bond donors (Lipinski definition) is 0. The summed E-state index contributed by atoms with van der Waals surface area (Å²) < 4.78 is 42.7. The highest BCUT2D eigenvalue weighted by Crippen LogP contribution is 2.38. The van der Waals surface area contributed by atoms with Gasteiger partial charge in [0.15, 0.2) is 0 Å². The summed E-state index contributed by atoms with van der Waals surface area (Å²) in [4.78, 5) is 1.01. The molecule has 0 bridgehead atoms. The van der Waals surface area contributed by atoms with Crippen molar-refractivity contribution in [3.05, 3.63) is 119 Å². The van der Waals surface area contributed by atoms with Crippen molar-refractivity contribution in [2.45, 2.75) is 61.5 Å². The maximum atomic E-state index is 6.73. The van der Waals surface area contributed by atoms with Crippen molar-refractivity contribution in [1.29, 1.82) is 0 Å². The molecule has 0 N–H and O–H groups in total. The van der Waals surface area contributed by atoms with Crippen LogP contribution < -0.4 is 14.2 Å². The monoisotopic (exact) mass is 650 g/mol. The highest BCUT2D eigenvalue weighted by Gasteiger charge is 2.47. The predicted molar refractivity (Wildman–Crippen MR) is 176 cm³/mol. The van der Waals surface area contributed by atoms with Gasteiger partial charge < -0.3 is 33.2 Å². The van der Waals surface area contributed by atoms with Crippen LogP contribution in [-0.2, 0) is 38.8 Å². The Labute approximate surface area is 274 Å². The molecule has 0 amide bonds. The summed E-state index contributed by atoms with van der Waals surface area (Å²) in [7, 11) is 4.96. The fourth-order valence-corrected chi connectivity index (χ4v) is 6.34. The zero-order valence-electron chi connectivity index (χ0n) is 25.9. The second kappa shape index (κ2) is 16.4. The molecular weight excluding hydrogens is 612 g/mol. The molecule has 5 atom stereocenters. The molecule has 1 fully saturated rings. The van der Waals surface area contributed by atoms with Crippen LogP contribution in [0.15, 0.2) is 102 Å². The molecule has 1 saturated heterocycles. The molecule has 238 valence electrons. The van der Waals surface area contributed by atoms with Gasteiger partial charge in [0.25, 0.3) is 0 Å². The van der Waals surface area contributed by atoms with Crippen LogP contribution in [0.3, 0.4) is 0 Å². The summed E-state index contributed by atoms with van der Waals surface area (Å²) in [6, 6.07) is 31.3. The number of methoxy groups -OCH3 is 3. The van der Waals surface area contributed by atoms with Gasteiger partial charge in [-0.25, -0.2) is 0 Å². The minimum absolute atomic E-state index is 0.283. The van der Waals surface area contributed by atoms with Gasteiger partial charge in [-0.2, -0.15) is 0 Å². The third-order valence-corrected chi connectivity index (χ3v) is 9.01. The van der Waals surface area contributed by atoms with E-state index in [9.17, 15) is 0 Å². The molecule has 0 unspecified atom stereocenters. The fourth-order valence-electron chi connectivity index (χ4n) is 5.05. The van der Waals surface area contributed by atoms with Gasteiger partial charge in [-0.1, -0.05) is 59.8 Å². The van der Waals surface area contributed by atoms with E-state index in [1.807, 2.05) is 104 Å². The van der Waals surface area contributed by atoms with Crippen molar-refractivity contribution in [2.75, 3.05) is 21.3 Å². The molecule has 45 heavy (non-hydrogen) atoms. The SMILES string of the molecule is COc1ccc(CO[C@@H]2[C@H](OCc3ccc(OC)cc3)[C@H](C)O[C@H](Sc3ccc(Cl)cc3)[C@H]2OCc2ccc(OC)cc2)cc1. The maximum absolute atomic E-state index is 6.73. The van der Waals surface area contributed by atoms with E-state index in [-0.39, 0.29) is 11.5 Å². The Morgan fingerprint density at radius 2 is 0.956 bits per heavy atom. The van der Waals surface area contributed by atoms with Gasteiger partial charge in [0.2, 0.25) is 0 Å². The average Bonchev–Trinajstić information content (AvgIpc) is 3.08. The van der Waals surface area contributed by atoms with Crippen LogP contribution in [0.2, 0.25) is 5.02 Å². The van der Waals surface area contributed by atoms with Gasteiger partial charge in [-0.15, -0.1) is 0 Å². The number of rotatable bonds is 14. The van der Waals surface area contributed by atoms with Gasteiger partial charge in [0.1, 0.15) is 41.0 Å². The van der Waals surface area contributed by atoms with Crippen molar-refractivity contribution < 1.29 is 33.2 Å². The van der Waals surface area contributed by atoms with Crippen LogP contribution >= 0.6 is 23.4 Å². The third-order valence-electron chi connectivity index (χ3n) is 7.60. The van der Waals surface area contributed by atoms with Gasteiger partial charge >= 0.3 is 0 Å². The lowest BCUT2D eigenvalue weighted by Gasteiger charge is -2.45. The molecule has 9 heteroatoms. The van der Waals surface area contributed by atoms with E-state index in [1.54, 1.807) is 33.1 Å². The molecule has 4 aromatic carbocycles. The van der Waals surface area contributed by atoms with Crippen molar-refractivity contribution in [2.24, 2.45) is 0 Å². The molecule has 5 rings (SSSR count). The van der Waals surface area contributed by atoms with E-state index >= 15 is 0 Å². The van der Waals surface area contributed by atoms with E-state index in [2.05, 4.69) is 0 Å². The first kappa shape index (κ1) is 33.1. The van der Waals surface area contributed by atoms with Crippen LogP contribution in [0.5, 0.6) is 17.2 Å². The lowest BCUT2D eigenvalue weighted by molar-refractivity contribution is -0.242. The van der Waals surface area contributed by atoms with Crippen molar-refractivity contribution in [1.82, 2.24) is 0 Å². The average molecular weight is 651 g/mol. The van der Waals surface area contributed by atoms with Crippen LogP contribution in [0.25, 0.3) is 0 Å². The summed E-state index contributed by atoms with van der Waals surface area (Å²) in [5.41, 5.74) is 2.67. The molecule has 4 aromatic rings. The first-order chi connectivity index (χ1) is 21.9. The second-order valence-corrected chi connectivity index (χ2v) is 12.3. The number of benzene rings is 4. The highest BCUT2D eigenvalue weighted by molar-refractivity contribution is 7.99. The van der Waals surface area contributed by atoms with E-state index in [0.29, 0.717) is 24.8 Å². The molecule has 7 nitrogen and oxygen atoms in total. The minimum atomic E-state index is -0.469. The molecule has 0 aromatic heterocycles. The molecule has 1 heterocycles. The quantitative estimate of drug-likeness (QED) is 0.136. The smallest absolute Gasteiger partial charge is 0.136 e. The van der Waals surface area contributed by atoms with Gasteiger partial charge in [-0.05, 0) is 84.3 Å². The van der Waals surface area contributed by atoms with Crippen LogP contribution in [-0.4, -0.2) is 51.2 Å². The summed E-state index contributed by atoms with van der Waals surface area (Å²) in [6.07, 6.45) is -1.61. The summed E-state index contributed by atoms with van der Waals surface area (Å²) in [5, 5.41) is 0.678. The Balaban J connectivity index is 1.42. The van der Waals surface area contributed by atoms with Crippen molar-refractivity contribution in [3.63, 3.8) is 0 Å². The summed E-state index contributed by atoms with van der Waals surface area (Å²) >= 11 is 7.77. The van der Waals surface area contributed by atoms with Gasteiger partial charge in [-0.3, -0.25) is 0 Å². The molecule has 0 radical (unpaired) electrons. The van der Waals surface area contributed by atoms with Crippen LogP contribution in [0, 0.1) is 0 Å². The number of ether oxygens (including phenoxy) is 7. The number of thioether (sulfide) groups is 1.